The maximum absolute atomic E-state index is 4.82. The van der Waals surface area contributed by atoms with Crippen LogP contribution in [-0.2, 0) is 32.9 Å². The highest BCUT2D eigenvalue weighted by Crippen LogP contribution is 2.28. The average molecular weight is 346 g/mol. The lowest BCUT2D eigenvalue weighted by molar-refractivity contribution is 0.274. The number of benzene rings is 1. The number of hydrogen-bond acceptors (Lipinski definition) is 3. The number of hydrogen-bond donors (Lipinski definition) is 0. The third-order valence-corrected chi connectivity index (χ3v) is 5.34. The fourth-order valence-electron chi connectivity index (χ4n) is 3.80. The molecule has 4 heteroatoms. The summed E-state index contributed by atoms with van der Waals surface area (Å²) in [7, 11) is 2.08. The lowest BCUT2D eigenvalue weighted by Gasteiger charge is -2.19. The highest BCUT2D eigenvalue weighted by Gasteiger charge is 2.22. The van der Waals surface area contributed by atoms with E-state index in [9.17, 15) is 0 Å². The largest absolute Gasteiger partial charge is 0.297 e. The predicted molar refractivity (Wildman–Crippen MR) is 105 cm³/mol. The number of aromatic nitrogens is 3. The van der Waals surface area contributed by atoms with Gasteiger partial charge in [-0.2, -0.15) is 5.10 Å². The maximum atomic E-state index is 4.82. The summed E-state index contributed by atoms with van der Waals surface area (Å²) in [5.41, 5.74) is 7.62. The molecule has 0 saturated carbocycles. The van der Waals surface area contributed by atoms with Crippen molar-refractivity contribution in [3.63, 3.8) is 0 Å². The van der Waals surface area contributed by atoms with E-state index in [4.69, 9.17) is 5.10 Å². The van der Waals surface area contributed by atoms with Crippen LogP contribution in [0.4, 0.5) is 0 Å². The zero-order chi connectivity index (χ0) is 17.9. The molecule has 0 atom stereocenters. The summed E-state index contributed by atoms with van der Waals surface area (Å²) in [6.07, 6.45) is 5.14. The molecule has 26 heavy (non-hydrogen) atoms. The lowest BCUT2D eigenvalue weighted by atomic mass is 10.0. The Morgan fingerprint density at radius 1 is 1.00 bits per heavy atom. The molecule has 0 amide bonds. The van der Waals surface area contributed by atoms with Gasteiger partial charge >= 0.3 is 0 Å². The third-order valence-electron chi connectivity index (χ3n) is 5.34. The zero-order valence-electron chi connectivity index (χ0n) is 15.7. The van der Waals surface area contributed by atoms with Gasteiger partial charge in [0.25, 0.3) is 0 Å². The molecule has 1 aliphatic heterocycles. The first-order valence-electron chi connectivity index (χ1n) is 9.51. The van der Waals surface area contributed by atoms with Gasteiger partial charge in [0, 0.05) is 56.1 Å². The highest BCUT2D eigenvalue weighted by molar-refractivity contribution is 5.64. The molecular weight excluding hydrogens is 320 g/mol. The van der Waals surface area contributed by atoms with E-state index in [2.05, 4.69) is 71.0 Å². The van der Waals surface area contributed by atoms with Gasteiger partial charge in [-0.15, -0.1) is 0 Å². The van der Waals surface area contributed by atoms with E-state index in [1.807, 2.05) is 6.20 Å². The summed E-state index contributed by atoms with van der Waals surface area (Å²) in [6, 6.07) is 14.9. The summed E-state index contributed by atoms with van der Waals surface area (Å²) in [5.74, 6) is 0. The summed E-state index contributed by atoms with van der Waals surface area (Å²) in [6.45, 7) is 5.20. The highest BCUT2D eigenvalue weighted by atomic mass is 15.3. The van der Waals surface area contributed by atoms with Crippen LogP contribution >= 0.6 is 0 Å². The van der Waals surface area contributed by atoms with Crippen molar-refractivity contribution in [1.29, 1.82) is 0 Å². The second-order valence-electron chi connectivity index (χ2n) is 7.05. The molecule has 134 valence electrons. The quantitative estimate of drug-likeness (QED) is 0.723. The van der Waals surface area contributed by atoms with Gasteiger partial charge in [-0.1, -0.05) is 43.3 Å². The van der Waals surface area contributed by atoms with Gasteiger partial charge in [0.15, 0.2) is 0 Å². The number of aryl methyl sites for hydroxylation is 2. The molecule has 1 aromatic carbocycles. The van der Waals surface area contributed by atoms with E-state index in [1.54, 1.807) is 0 Å². The average Bonchev–Trinajstić information content (AvgIpc) is 2.86. The molecular formula is C22H26N4. The zero-order valence-corrected chi connectivity index (χ0v) is 15.7. The van der Waals surface area contributed by atoms with E-state index < -0.39 is 0 Å². The summed E-state index contributed by atoms with van der Waals surface area (Å²) in [4.78, 5) is 7.15. The fraction of sp³-hybridized carbons (Fsp3) is 0.364. The summed E-state index contributed by atoms with van der Waals surface area (Å²) >= 11 is 0. The van der Waals surface area contributed by atoms with Crippen molar-refractivity contribution in [1.82, 2.24) is 19.7 Å². The van der Waals surface area contributed by atoms with Crippen molar-refractivity contribution >= 4 is 0 Å². The molecule has 0 aliphatic carbocycles. The Balaban J connectivity index is 1.52. The van der Waals surface area contributed by atoms with Crippen molar-refractivity contribution in [2.45, 2.75) is 32.7 Å². The topological polar surface area (TPSA) is 34.0 Å². The van der Waals surface area contributed by atoms with Crippen LogP contribution in [0.3, 0.4) is 0 Å². The minimum atomic E-state index is 0.923. The van der Waals surface area contributed by atoms with Crippen LogP contribution < -0.4 is 0 Å². The van der Waals surface area contributed by atoms with Crippen LogP contribution in [0.2, 0.25) is 0 Å². The molecule has 0 bridgehead atoms. The van der Waals surface area contributed by atoms with Gasteiger partial charge in [-0.3, -0.25) is 14.6 Å². The van der Waals surface area contributed by atoms with Crippen LogP contribution in [0, 0.1) is 0 Å². The van der Waals surface area contributed by atoms with Crippen molar-refractivity contribution in [3.05, 3.63) is 71.2 Å². The first-order valence-corrected chi connectivity index (χ1v) is 9.51. The number of rotatable bonds is 4. The number of nitrogens with zero attached hydrogens (tertiary/aromatic N) is 4. The second kappa shape index (κ2) is 7.42. The van der Waals surface area contributed by atoms with Crippen LogP contribution in [0.15, 0.2) is 48.7 Å². The van der Waals surface area contributed by atoms with Crippen LogP contribution in [-0.4, -0.2) is 32.8 Å². The first-order chi connectivity index (χ1) is 12.7. The van der Waals surface area contributed by atoms with E-state index in [-0.39, 0.29) is 0 Å². The molecule has 4 nitrogen and oxygen atoms in total. The van der Waals surface area contributed by atoms with E-state index in [0.717, 1.165) is 50.3 Å². The summed E-state index contributed by atoms with van der Waals surface area (Å²) in [5, 5.41) is 4.82. The Morgan fingerprint density at radius 3 is 2.54 bits per heavy atom. The number of fused-ring (bicyclic) bond motifs is 1. The van der Waals surface area contributed by atoms with Crippen LogP contribution in [0.25, 0.3) is 11.3 Å². The lowest BCUT2D eigenvalue weighted by Crippen LogP contribution is -2.26. The molecule has 0 fully saturated rings. The molecule has 0 radical (unpaired) electrons. The molecule has 0 spiro atoms. The smallest absolute Gasteiger partial charge is 0.0958 e. The predicted octanol–water partition coefficient (Wildman–Crippen LogP) is 3.65. The Kier molecular flexibility index (Phi) is 4.85. The molecule has 3 aromatic rings. The molecule has 0 unspecified atom stereocenters. The van der Waals surface area contributed by atoms with Crippen molar-refractivity contribution < 1.29 is 0 Å². The van der Waals surface area contributed by atoms with Gasteiger partial charge in [-0.25, -0.2) is 0 Å². The molecule has 2 aromatic heterocycles. The molecule has 4 rings (SSSR count). The molecule has 1 aliphatic rings. The maximum Gasteiger partial charge on any atom is 0.0958 e. The van der Waals surface area contributed by atoms with E-state index in [0.29, 0.717) is 0 Å². The molecule has 0 N–H and O–H groups in total. The second-order valence-corrected chi connectivity index (χ2v) is 7.05. The minimum absolute atomic E-state index is 0.923. The molecule has 3 heterocycles. The Bertz CT molecular complexity index is 865. The SMILES string of the molecule is CCc1ccc(CN2CCc3c(-c4ccccc4)nn(C)c3CC2)nc1. The van der Waals surface area contributed by atoms with Crippen LogP contribution in [0.5, 0.6) is 0 Å². The van der Waals surface area contributed by atoms with Gasteiger partial charge in [0.05, 0.1) is 11.4 Å². The fourth-order valence-corrected chi connectivity index (χ4v) is 3.80. The van der Waals surface area contributed by atoms with E-state index in [1.165, 1.54) is 22.4 Å². The standard InChI is InChI=1S/C22H26N4/c1-3-17-9-10-19(23-15-17)16-26-13-11-20-21(12-14-26)25(2)24-22(20)18-7-5-4-6-8-18/h4-10,15H,3,11-14,16H2,1-2H3. The Hall–Kier alpha value is -2.46. The Labute approximate surface area is 155 Å². The van der Waals surface area contributed by atoms with Crippen molar-refractivity contribution in [2.75, 3.05) is 13.1 Å². The summed E-state index contributed by atoms with van der Waals surface area (Å²) < 4.78 is 2.08. The van der Waals surface area contributed by atoms with E-state index >= 15 is 0 Å². The first kappa shape index (κ1) is 17.0. The minimum Gasteiger partial charge on any atom is -0.297 e. The van der Waals surface area contributed by atoms with Gasteiger partial charge in [0.1, 0.15) is 0 Å². The normalized spacial score (nSPS) is 14.8. The van der Waals surface area contributed by atoms with Gasteiger partial charge < -0.3 is 0 Å². The molecule has 0 saturated heterocycles. The van der Waals surface area contributed by atoms with Gasteiger partial charge in [-0.05, 0) is 24.5 Å². The van der Waals surface area contributed by atoms with Crippen molar-refractivity contribution in [2.24, 2.45) is 7.05 Å². The Morgan fingerprint density at radius 2 is 1.81 bits per heavy atom. The van der Waals surface area contributed by atoms with Crippen molar-refractivity contribution in [3.8, 4) is 11.3 Å². The third kappa shape index (κ3) is 3.42. The monoisotopic (exact) mass is 346 g/mol. The van der Waals surface area contributed by atoms with Gasteiger partial charge in [0.2, 0.25) is 0 Å². The van der Waals surface area contributed by atoms with Crippen LogP contribution in [0.1, 0.15) is 29.4 Å². The number of pyridine rings is 1.